The molecule has 1 aromatic heterocycles. The van der Waals surface area contributed by atoms with Crippen molar-refractivity contribution in [2.45, 2.75) is 19.9 Å². The highest BCUT2D eigenvalue weighted by Gasteiger charge is 2.08. The van der Waals surface area contributed by atoms with Crippen molar-refractivity contribution >= 4 is 27.3 Å². The molecule has 0 saturated carbocycles. The number of nitrogens with one attached hydrogen (secondary N) is 1. The van der Waals surface area contributed by atoms with Crippen LogP contribution in [0.3, 0.4) is 0 Å². The summed E-state index contributed by atoms with van der Waals surface area (Å²) < 4.78 is 0.864. The van der Waals surface area contributed by atoms with Crippen LogP contribution in [0.15, 0.2) is 41.0 Å². The SMILES string of the molecule is Cc1nc(Br)ccc1NC(C)c1ccc(N(C)C)cc1. The average Bonchev–Trinajstić information content (AvgIpc) is 2.42. The monoisotopic (exact) mass is 333 g/mol. The molecule has 4 heteroatoms. The van der Waals surface area contributed by atoms with E-state index in [9.17, 15) is 0 Å². The summed E-state index contributed by atoms with van der Waals surface area (Å²) in [6, 6.07) is 12.9. The molecular weight excluding hydrogens is 314 g/mol. The normalized spacial score (nSPS) is 12.1. The minimum Gasteiger partial charge on any atom is -0.378 e. The van der Waals surface area contributed by atoms with Crippen LogP contribution in [0.1, 0.15) is 24.2 Å². The van der Waals surface area contributed by atoms with Crippen LogP contribution < -0.4 is 10.2 Å². The Labute approximate surface area is 129 Å². The number of halogens is 1. The van der Waals surface area contributed by atoms with Gasteiger partial charge < -0.3 is 10.2 Å². The molecule has 0 radical (unpaired) electrons. The first-order valence-corrected chi connectivity index (χ1v) is 7.43. The standard InChI is InChI=1S/C16H20BrN3/c1-11(13-5-7-14(8-6-13)20(3)4)18-15-9-10-16(17)19-12(15)2/h5-11,18H,1-4H3. The smallest absolute Gasteiger partial charge is 0.106 e. The summed E-state index contributed by atoms with van der Waals surface area (Å²) in [5, 5.41) is 3.51. The van der Waals surface area contributed by atoms with Gasteiger partial charge in [0.2, 0.25) is 0 Å². The predicted octanol–water partition coefficient (Wildman–Crippen LogP) is 4.39. The number of hydrogen-bond donors (Lipinski definition) is 1. The predicted molar refractivity (Wildman–Crippen MR) is 89.5 cm³/mol. The molecule has 0 aliphatic carbocycles. The summed E-state index contributed by atoms with van der Waals surface area (Å²) in [6.45, 7) is 4.17. The molecule has 0 aliphatic heterocycles. The van der Waals surface area contributed by atoms with E-state index < -0.39 is 0 Å². The second kappa shape index (κ2) is 6.27. The van der Waals surface area contributed by atoms with Gasteiger partial charge in [0.1, 0.15) is 4.60 Å². The Bertz CT molecular complexity index is 579. The van der Waals surface area contributed by atoms with E-state index in [-0.39, 0.29) is 6.04 Å². The van der Waals surface area contributed by atoms with Crippen LogP contribution >= 0.6 is 15.9 Å². The van der Waals surface area contributed by atoms with Gasteiger partial charge in [0, 0.05) is 25.8 Å². The number of benzene rings is 1. The zero-order chi connectivity index (χ0) is 14.7. The summed E-state index contributed by atoms with van der Waals surface area (Å²) in [5.41, 5.74) is 4.54. The summed E-state index contributed by atoms with van der Waals surface area (Å²) >= 11 is 3.39. The second-order valence-corrected chi connectivity index (χ2v) is 5.93. The van der Waals surface area contributed by atoms with Crippen molar-refractivity contribution in [2.24, 2.45) is 0 Å². The Morgan fingerprint density at radius 1 is 1.10 bits per heavy atom. The number of aryl methyl sites for hydroxylation is 1. The first kappa shape index (κ1) is 14.9. The molecule has 3 nitrogen and oxygen atoms in total. The number of aromatic nitrogens is 1. The average molecular weight is 334 g/mol. The molecule has 0 spiro atoms. The van der Waals surface area contributed by atoms with Crippen molar-refractivity contribution in [3.8, 4) is 0 Å². The van der Waals surface area contributed by atoms with Gasteiger partial charge in [-0.2, -0.15) is 0 Å². The van der Waals surface area contributed by atoms with E-state index in [1.807, 2.05) is 27.1 Å². The van der Waals surface area contributed by atoms with Gasteiger partial charge in [-0.3, -0.25) is 0 Å². The Balaban J connectivity index is 2.13. The highest BCUT2D eigenvalue weighted by atomic mass is 79.9. The van der Waals surface area contributed by atoms with Crippen LogP contribution in [-0.2, 0) is 0 Å². The van der Waals surface area contributed by atoms with E-state index in [1.54, 1.807) is 0 Å². The van der Waals surface area contributed by atoms with Gasteiger partial charge in [0.15, 0.2) is 0 Å². The lowest BCUT2D eigenvalue weighted by molar-refractivity contribution is 0.878. The maximum atomic E-state index is 4.41. The van der Waals surface area contributed by atoms with E-state index in [0.29, 0.717) is 0 Å². The molecule has 2 aromatic rings. The number of hydrogen-bond acceptors (Lipinski definition) is 3. The molecule has 1 N–H and O–H groups in total. The first-order chi connectivity index (χ1) is 9.47. The summed E-state index contributed by atoms with van der Waals surface area (Å²) in [7, 11) is 4.10. The molecule has 0 fully saturated rings. The Morgan fingerprint density at radius 2 is 1.75 bits per heavy atom. The summed E-state index contributed by atoms with van der Waals surface area (Å²) in [5.74, 6) is 0. The number of nitrogens with zero attached hydrogens (tertiary/aromatic N) is 2. The van der Waals surface area contributed by atoms with Crippen LogP contribution in [0.4, 0.5) is 11.4 Å². The van der Waals surface area contributed by atoms with Crippen LogP contribution in [0.5, 0.6) is 0 Å². The molecule has 20 heavy (non-hydrogen) atoms. The van der Waals surface area contributed by atoms with Crippen molar-refractivity contribution < 1.29 is 0 Å². The van der Waals surface area contributed by atoms with Crippen molar-refractivity contribution in [3.63, 3.8) is 0 Å². The van der Waals surface area contributed by atoms with Gasteiger partial charge in [-0.15, -0.1) is 0 Å². The number of anilines is 2. The highest BCUT2D eigenvalue weighted by molar-refractivity contribution is 9.10. The molecular formula is C16H20BrN3. The molecule has 0 amide bonds. The molecule has 0 aliphatic rings. The third-order valence-electron chi connectivity index (χ3n) is 3.33. The maximum Gasteiger partial charge on any atom is 0.106 e. The molecule has 2 rings (SSSR count). The van der Waals surface area contributed by atoms with Crippen molar-refractivity contribution in [2.75, 3.05) is 24.3 Å². The molecule has 1 atom stereocenters. The first-order valence-electron chi connectivity index (χ1n) is 6.64. The molecule has 1 heterocycles. The topological polar surface area (TPSA) is 28.2 Å². The highest BCUT2D eigenvalue weighted by Crippen LogP contribution is 2.24. The van der Waals surface area contributed by atoms with E-state index in [1.165, 1.54) is 11.3 Å². The fourth-order valence-electron chi connectivity index (χ4n) is 2.06. The largest absolute Gasteiger partial charge is 0.378 e. The van der Waals surface area contributed by atoms with E-state index in [4.69, 9.17) is 0 Å². The summed E-state index contributed by atoms with van der Waals surface area (Å²) in [6.07, 6.45) is 0. The van der Waals surface area contributed by atoms with Gasteiger partial charge in [-0.1, -0.05) is 12.1 Å². The van der Waals surface area contributed by atoms with Crippen molar-refractivity contribution in [1.82, 2.24) is 4.98 Å². The summed E-state index contributed by atoms with van der Waals surface area (Å²) in [4.78, 5) is 6.51. The molecule has 106 valence electrons. The number of rotatable bonds is 4. The minimum atomic E-state index is 0.243. The Hall–Kier alpha value is -1.55. The molecule has 0 bridgehead atoms. The minimum absolute atomic E-state index is 0.243. The van der Waals surface area contributed by atoms with Gasteiger partial charge in [0.25, 0.3) is 0 Å². The van der Waals surface area contributed by atoms with Gasteiger partial charge >= 0.3 is 0 Å². The fourth-order valence-corrected chi connectivity index (χ4v) is 2.46. The van der Waals surface area contributed by atoms with E-state index >= 15 is 0 Å². The fraction of sp³-hybridized carbons (Fsp3) is 0.312. The van der Waals surface area contributed by atoms with Crippen LogP contribution in [0.2, 0.25) is 0 Å². The second-order valence-electron chi connectivity index (χ2n) is 5.12. The lowest BCUT2D eigenvalue weighted by Crippen LogP contribution is -2.10. The van der Waals surface area contributed by atoms with Crippen molar-refractivity contribution in [3.05, 3.63) is 52.3 Å². The van der Waals surface area contributed by atoms with Gasteiger partial charge in [-0.05, 0) is 59.6 Å². The molecule has 1 aromatic carbocycles. The lowest BCUT2D eigenvalue weighted by atomic mass is 10.1. The number of pyridine rings is 1. The quantitative estimate of drug-likeness (QED) is 0.841. The van der Waals surface area contributed by atoms with Gasteiger partial charge in [-0.25, -0.2) is 4.98 Å². The third kappa shape index (κ3) is 3.51. The van der Waals surface area contributed by atoms with Crippen LogP contribution in [0, 0.1) is 6.92 Å². The van der Waals surface area contributed by atoms with Crippen LogP contribution in [-0.4, -0.2) is 19.1 Å². The van der Waals surface area contributed by atoms with E-state index in [0.717, 1.165) is 16.0 Å². The maximum absolute atomic E-state index is 4.41. The Kier molecular flexibility index (Phi) is 4.65. The lowest BCUT2D eigenvalue weighted by Gasteiger charge is -2.19. The molecule has 1 unspecified atom stereocenters. The zero-order valence-electron chi connectivity index (χ0n) is 12.3. The zero-order valence-corrected chi connectivity index (χ0v) is 13.9. The van der Waals surface area contributed by atoms with Gasteiger partial charge in [0.05, 0.1) is 11.4 Å². The third-order valence-corrected chi connectivity index (χ3v) is 3.77. The molecule has 0 saturated heterocycles. The van der Waals surface area contributed by atoms with Crippen LogP contribution in [0.25, 0.3) is 0 Å². The van der Waals surface area contributed by atoms with Crippen molar-refractivity contribution in [1.29, 1.82) is 0 Å². The Morgan fingerprint density at radius 3 is 2.30 bits per heavy atom. The van der Waals surface area contributed by atoms with E-state index in [2.05, 4.69) is 68.4 Å².